The summed E-state index contributed by atoms with van der Waals surface area (Å²) >= 11 is 0. The smallest absolute Gasteiger partial charge is 0.332 e. The predicted molar refractivity (Wildman–Crippen MR) is 75.5 cm³/mol. The van der Waals surface area contributed by atoms with Crippen LogP contribution in [-0.2, 0) is 28.5 Å². The first-order valence-electron chi connectivity index (χ1n) is 7.00. The Morgan fingerprint density at radius 1 is 0.850 bits per heavy atom. The normalized spacial score (nSPS) is 9.40. The number of methoxy groups -OCH3 is 1. The maximum Gasteiger partial charge on any atom is 0.332 e. The number of carbonyl (C=O) groups is 2. The van der Waals surface area contributed by atoms with Gasteiger partial charge in [0, 0.05) is 13.2 Å². The summed E-state index contributed by atoms with van der Waals surface area (Å²) in [4.78, 5) is 21.1. The highest BCUT2D eigenvalue weighted by Crippen LogP contribution is 1.89. The molecule has 120 valence electrons. The fraction of sp³-hybridized carbons (Fsp3) is 0.857. The van der Waals surface area contributed by atoms with Gasteiger partial charge < -0.3 is 18.9 Å². The van der Waals surface area contributed by atoms with E-state index in [4.69, 9.17) is 14.2 Å². The number of rotatable bonds is 10. The Balaban J connectivity index is 0. The molecule has 0 aromatic carbocycles. The summed E-state index contributed by atoms with van der Waals surface area (Å²) in [5, 5.41) is 0. The van der Waals surface area contributed by atoms with Crippen molar-refractivity contribution >= 4 is 11.9 Å². The maximum atomic E-state index is 10.7. The Kier molecular flexibility index (Phi) is 18.9. The van der Waals surface area contributed by atoms with Crippen LogP contribution in [-0.4, -0.2) is 52.1 Å². The summed E-state index contributed by atoms with van der Waals surface area (Å²) in [7, 11) is 1.34. The summed E-state index contributed by atoms with van der Waals surface area (Å²) in [6.45, 7) is 7.73. The number of hydrogen-bond donors (Lipinski definition) is 0. The third kappa shape index (κ3) is 19.2. The lowest BCUT2D eigenvalue weighted by Gasteiger charge is -2.02. The molecule has 0 spiro atoms. The van der Waals surface area contributed by atoms with Gasteiger partial charge in [0.05, 0.1) is 13.7 Å². The molecule has 0 atom stereocenters. The van der Waals surface area contributed by atoms with Crippen LogP contribution in [0.15, 0.2) is 0 Å². The van der Waals surface area contributed by atoms with Gasteiger partial charge in [-0.25, -0.2) is 9.59 Å². The Bertz CT molecular complexity index is 230. The zero-order valence-electron chi connectivity index (χ0n) is 13.1. The Labute approximate surface area is 121 Å². The molecule has 6 heteroatoms. The molecule has 0 aromatic rings. The van der Waals surface area contributed by atoms with Gasteiger partial charge in [0.1, 0.15) is 13.2 Å². The molecule has 20 heavy (non-hydrogen) atoms. The molecule has 0 aromatic heterocycles. The fourth-order valence-corrected chi connectivity index (χ4v) is 0.916. The summed E-state index contributed by atoms with van der Waals surface area (Å²) in [5.74, 6) is -0.580. The second-order valence-electron chi connectivity index (χ2n) is 3.84. The van der Waals surface area contributed by atoms with Crippen molar-refractivity contribution in [1.29, 1.82) is 0 Å². The lowest BCUT2D eigenvalue weighted by Crippen LogP contribution is -2.13. The van der Waals surface area contributed by atoms with E-state index >= 15 is 0 Å². The molecule has 0 rings (SSSR count). The third-order valence-corrected chi connectivity index (χ3v) is 1.98. The van der Waals surface area contributed by atoms with Crippen molar-refractivity contribution in [3.05, 3.63) is 0 Å². The number of carbonyl (C=O) groups excluding carboxylic acids is 2. The largest absolute Gasteiger partial charge is 0.467 e. The van der Waals surface area contributed by atoms with Crippen molar-refractivity contribution in [2.45, 2.75) is 40.0 Å². The lowest BCUT2D eigenvalue weighted by molar-refractivity contribution is -0.149. The minimum Gasteiger partial charge on any atom is -0.467 e. The molecule has 0 amide bonds. The van der Waals surface area contributed by atoms with Crippen LogP contribution in [0.4, 0.5) is 0 Å². The van der Waals surface area contributed by atoms with Gasteiger partial charge in [-0.15, -0.1) is 0 Å². The topological polar surface area (TPSA) is 71.1 Å². The predicted octanol–water partition coefficient (Wildman–Crippen LogP) is 1.95. The quantitative estimate of drug-likeness (QED) is 0.453. The Morgan fingerprint density at radius 3 is 2.00 bits per heavy atom. The van der Waals surface area contributed by atoms with E-state index in [1.54, 1.807) is 0 Å². The zero-order chi connectivity index (χ0) is 15.6. The molecule has 0 saturated heterocycles. The van der Waals surface area contributed by atoms with Crippen molar-refractivity contribution in [3.63, 3.8) is 0 Å². The molecule has 0 saturated carbocycles. The van der Waals surface area contributed by atoms with E-state index in [9.17, 15) is 9.59 Å². The maximum absolute atomic E-state index is 10.7. The van der Waals surface area contributed by atoms with Gasteiger partial charge in [0.25, 0.3) is 0 Å². The van der Waals surface area contributed by atoms with Gasteiger partial charge in [-0.2, -0.15) is 0 Å². The summed E-state index contributed by atoms with van der Waals surface area (Å²) in [5.41, 5.74) is 0. The number of unbranched alkanes of at least 4 members (excludes halogenated alkanes) is 1. The summed E-state index contributed by atoms with van der Waals surface area (Å²) in [6, 6.07) is 0. The van der Waals surface area contributed by atoms with Crippen LogP contribution in [0.1, 0.15) is 40.0 Å². The molecule has 0 unspecified atom stereocenters. The van der Waals surface area contributed by atoms with Crippen molar-refractivity contribution in [3.8, 4) is 0 Å². The second kappa shape index (κ2) is 17.9. The molecule has 0 aliphatic carbocycles. The van der Waals surface area contributed by atoms with Crippen LogP contribution in [0.2, 0.25) is 0 Å². The molecule has 0 aliphatic heterocycles. The first-order valence-corrected chi connectivity index (χ1v) is 7.00. The molecular weight excluding hydrogens is 264 g/mol. The number of ether oxygens (including phenoxy) is 4. The van der Waals surface area contributed by atoms with E-state index in [0.717, 1.165) is 19.3 Å². The van der Waals surface area contributed by atoms with E-state index < -0.39 is 0 Å². The summed E-state index contributed by atoms with van der Waals surface area (Å²) < 4.78 is 18.9. The van der Waals surface area contributed by atoms with Crippen molar-refractivity contribution in [2.75, 3.05) is 40.1 Å². The van der Waals surface area contributed by atoms with Crippen LogP contribution in [0, 0.1) is 0 Å². The van der Waals surface area contributed by atoms with Gasteiger partial charge in [-0.05, 0) is 19.8 Å². The first kappa shape index (κ1) is 21.2. The number of esters is 2. The van der Waals surface area contributed by atoms with Crippen LogP contribution < -0.4 is 0 Å². The molecule has 0 bridgehead atoms. The Morgan fingerprint density at radius 2 is 1.50 bits per heavy atom. The SMILES string of the molecule is CCCCOC(=O)COCC.CCCOCC(=O)OC. The highest BCUT2D eigenvalue weighted by Gasteiger charge is 1.99. The average molecular weight is 292 g/mol. The number of hydrogen-bond acceptors (Lipinski definition) is 6. The van der Waals surface area contributed by atoms with Crippen molar-refractivity contribution < 1.29 is 28.5 Å². The van der Waals surface area contributed by atoms with Crippen molar-refractivity contribution in [1.82, 2.24) is 0 Å². The molecule has 0 N–H and O–H groups in total. The fourth-order valence-electron chi connectivity index (χ4n) is 0.916. The van der Waals surface area contributed by atoms with Crippen LogP contribution in [0.25, 0.3) is 0 Å². The summed E-state index contributed by atoms with van der Waals surface area (Å²) in [6.07, 6.45) is 2.90. The average Bonchev–Trinajstić information content (AvgIpc) is 2.46. The van der Waals surface area contributed by atoms with Gasteiger partial charge in [0.2, 0.25) is 0 Å². The standard InChI is InChI=1S/C8H16O3.C6H12O3/c1-3-5-6-11-8(9)7-10-4-2;1-3-4-9-5-6(7)8-2/h3-7H2,1-2H3;3-5H2,1-2H3. The minimum atomic E-state index is -0.316. The minimum absolute atomic E-state index is 0.0737. The van der Waals surface area contributed by atoms with Gasteiger partial charge in [0.15, 0.2) is 0 Å². The molecule has 6 nitrogen and oxygen atoms in total. The first-order chi connectivity index (χ1) is 9.62. The van der Waals surface area contributed by atoms with E-state index in [1.165, 1.54) is 7.11 Å². The van der Waals surface area contributed by atoms with Gasteiger partial charge in [-0.1, -0.05) is 20.3 Å². The van der Waals surface area contributed by atoms with E-state index in [0.29, 0.717) is 19.8 Å². The van der Waals surface area contributed by atoms with E-state index in [2.05, 4.69) is 11.7 Å². The molecule has 0 heterocycles. The molecule has 0 aliphatic rings. The third-order valence-electron chi connectivity index (χ3n) is 1.98. The second-order valence-corrected chi connectivity index (χ2v) is 3.84. The van der Waals surface area contributed by atoms with Crippen molar-refractivity contribution in [2.24, 2.45) is 0 Å². The van der Waals surface area contributed by atoms with Crippen LogP contribution >= 0.6 is 0 Å². The molecule has 0 radical (unpaired) electrons. The Hall–Kier alpha value is -1.14. The highest BCUT2D eigenvalue weighted by molar-refractivity contribution is 5.70. The van der Waals surface area contributed by atoms with Crippen LogP contribution in [0.3, 0.4) is 0 Å². The van der Waals surface area contributed by atoms with Gasteiger partial charge in [-0.3, -0.25) is 0 Å². The van der Waals surface area contributed by atoms with Gasteiger partial charge >= 0.3 is 11.9 Å². The zero-order valence-corrected chi connectivity index (χ0v) is 13.1. The molecule has 0 fully saturated rings. The lowest BCUT2D eigenvalue weighted by atomic mass is 10.4. The monoisotopic (exact) mass is 292 g/mol. The molecular formula is C14H28O6. The van der Waals surface area contributed by atoms with Crippen LogP contribution in [0.5, 0.6) is 0 Å². The van der Waals surface area contributed by atoms with E-state index in [-0.39, 0.29) is 25.2 Å². The van der Waals surface area contributed by atoms with E-state index in [1.807, 2.05) is 13.8 Å². The highest BCUT2D eigenvalue weighted by atomic mass is 16.6.